The van der Waals surface area contributed by atoms with E-state index >= 15 is 0 Å². The van der Waals surface area contributed by atoms with Gasteiger partial charge < -0.3 is 10.2 Å². The highest BCUT2D eigenvalue weighted by atomic mass is 35.5. The Balaban J connectivity index is 1.62. The standard InChI is InChI=1S/C30H35ClN4O3S2/c1-5-34(6-2)18-10-11-21(3)32-30(36)25-20-27(35(33-25)26-15-8-7-14-24(26)31)29-17-16-28(39-29)22-12-9-13-23(19-22)40(4,37)38/h7-9,12-17,19-21H,5-6,10-11,18H2,1-4H3,(H,32,36). The summed E-state index contributed by atoms with van der Waals surface area (Å²) in [5, 5.41) is 8.28. The molecule has 0 fully saturated rings. The average molecular weight is 599 g/mol. The lowest BCUT2D eigenvalue weighted by atomic mass is 10.1. The minimum atomic E-state index is -3.33. The van der Waals surface area contributed by atoms with Crippen LogP contribution in [0.4, 0.5) is 0 Å². The number of carbonyl (C=O) groups is 1. The number of halogens is 1. The Hall–Kier alpha value is -2.98. The van der Waals surface area contributed by atoms with Crippen LogP contribution in [0.5, 0.6) is 0 Å². The third-order valence-electron chi connectivity index (χ3n) is 6.81. The Morgan fingerprint density at radius 3 is 2.48 bits per heavy atom. The predicted molar refractivity (Wildman–Crippen MR) is 164 cm³/mol. The van der Waals surface area contributed by atoms with E-state index in [-0.39, 0.29) is 16.8 Å². The highest BCUT2D eigenvalue weighted by Crippen LogP contribution is 2.37. The van der Waals surface area contributed by atoms with Crippen molar-refractivity contribution in [3.8, 4) is 26.7 Å². The van der Waals surface area contributed by atoms with Crippen LogP contribution < -0.4 is 5.32 Å². The summed E-state index contributed by atoms with van der Waals surface area (Å²) >= 11 is 8.04. The van der Waals surface area contributed by atoms with Gasteiger partial charge in [0.15, 0.2) is 15.5 Å². The zero-order valence-corrected chi connectivity index (χ0v) is 25.6. The molecular weight excluding hydrogens is 564 g/mol. The molecule has 1 atom stereocenters. The summed E-state index contributed by atoms with van der Waals surface area (Å²) < 4.78 is 25.8. The molecule has 1 unspecified atom stereocenters. The second kappa shape index (κ2) is 13.1. The summed E-state index contributed by atoms with van der Waals surface area (Å²) in [6.45, 7) is 9.38. The molecule has 40 heavy (non-hydrogen) atoms. The van der Waals surface area contributed by atoms with Crippen LogP contribution in [0.1, 0.15) is 44.1 Å². The SMILES string of the molecule is CCN(CC)CCCC(C)NC(=O)c1cc(-c2ccc(-c3cccc(S(C)(=O)=O)c3)s2)n(-c2ccccc2Cl)n1. The molecule has 2 aromatic carbocycles. The number of aromatic nitrogens is 2. The fourth-order valence-corrected chi connectivity index (χ4v) is 6.40. The fraction of sp³-hybridized carbons (Fsp3) is 0.333. The Kier molecular flexibility index (Phi) is 9.84. The molecule has 0 bridgehead atoms. The number of amides is 1. The molecule has 0 saturated carbocycles. The van der Waals surface area contributed by atoms with Crippen molar-refractivity contribution >= 4 is 38.7 Å². The lowest BCUT2D eigenvalue weighted by Crippen LogP contribution is -2.34. The van der Waals surface area contributed by atoms with Crippen molar-refractivity contribution in [3.63, 3.8) is 0 Å². The van der Waals surface area contributed by atoms with Gasteiger partial charge in [-0.25, -0.2) is 13.1 Å². The molecule has 2 heterocycles. The first-order chi connectivity index (χ1) is 19.1. The monoisotopic (exact) mass is 598 g/mol. The fourth-order valence-electron chi connectivity index (χ4n) is 4.52. The van der Waals surface area contributed by atoms with E-state index in [0.29, 0.717) is 16.4 Å². The van der Waals surface area contributed by atoms with E-state index in [1.807, 2.05) is 43.3 Å². The van der Waals surface area contributed by atoms with Crippen LogP contribution in [-0.2, 0) is 9.84 Å². The van der Waals surface area contributed by atoms with Crippen LogP contribution in [0, 0.1) is 0 Å². The third kappa shape index (κ3) is 7.20. The van der Waals surface area contributed by atoms with E-state index in [0.717, 1.165) is 53.5 Å². The quantitative estimate of drug-likeness (QED) is 0.199. The Morgan fingerprint density at radius 1 is 1.05 bits per heavy atom. The highest BCUT2D eigenvalue weighted by molar-refractivity contribution is 7.90. The van der Waals surface area contributed by atoms with Gasteiger partial charge in [0.25, 0.3) is 5.91 Å². The van der Waals surface area contributed by atoms with Crippen molar-refractivity contribution in [1.29, 1.82) is 0 Å². The third-order valence-corrected chi connectivity index (χ3v) is 9.40. The summed E-state index contributed by atoms with van der Waals surface area (Å²) in [6, 6.07) is 20.0. The van der Waals surface area contributed by atoms with Crippen molar-refractivity contribution in [1.82, 2.24) is 20.0 Å². The Labute approximate surface area is 245 Å². The molecule has 1 N–H and O–H groups in total. The number of para-hydroxylation sites is 1. The first-order valence-corrected chi connectivity index (χ1v) is 16.5. The summed E-state index contributed by atoms with van der Waals surface area (Å²) in [5.41, 5.74) is 2.50. The van der Waals surface area contributed by atoms with E-state index in [1.165, 1.54) is 17.6 Å². The smallest absolute Gasteiger partial charge is 0.272 e. The van der Waals surface area contributed by atoms with E-state index in [9.17, 15) is 13.2 Å². The molecule has 2 aromatic heterocycles. The van der Waals surface area contributed by atoms with Crippen molar-refractivity contribution in [3.05, 3.63) is 77.4 Å². The van der Waals surface area contributed by atoms with Gasteiger partial charge in [0.1, 0.15) is 0 Å². The number of thiophene rings is 1. The van der Waals surface area contributed by atoms with E-state index < -0.39 is 9.84 Å². The van der Waals surface area contributed by atoms with E-state index in [2.05, 4.69) is 29.2 Å². The maximum Gasteiger partial charge on any atom is 0.272 e. The molecule has 1 amide bonds. The van der Waals surface area contributed by atoms with Crippen molar-refractivity contribution in [2.75, 3.05) is 25.9 Å². The van der Waals surface area contributed by atoms with Crippen LogP contribution in [-0.4, -0.2) is 60.9 Å². The number of nitrogens with zero attached hydrogens (tertiary/aromatic N) is 3. The zero-order valence-electron chi connectivity index (χ0n) is 23.2. The normalized spacial score (nSPS) is 12.6. The van der Waals surface area contributed by atoms with Crippen LogP contribution in [0.15, 0.2) is 71.6 Å². The molecule has 0 aliphatic carbocycles. The first kappa shape index (κ1) is 30.0. The van der Waals surface area contributed by atoms with E-state index in [4.69, 9.17) is 11.6 Å². The van der Waals surface area contributed by atoms with Crippen molar-refractivity contribution in [2.45, 2.75) is 44.6 Å². The van der Waals surface area contributed by atoms with Gasteiger partial charge in [0.2, 0.25) is 0 Å². The summed E-state index contributed by atoms with van der Waals surface area (Å²) in [5.74, 6) is -0.236. The molecule has 7 nitrogen and oxygen atoms in total. The molecule has 0 spiro atoms. The van der Waals surface area contributed by atoms with Gasteiger partial charge >= 0.3 is 0 Å². The maximum absolute atomic E-state index is 13.3. The second-order valence-corrected chi connectivity index (χ2v) is 13.3. The van der Waals surface area contributed by atoms with E-state index in [1.54, 1.807) is 35.0 Å². The summed E-state index contributed by atoms with van der Waals surface area (Å²) in [7, 11) is -3.33. The molecule has 4 rings (SSSR count). The lowest BCUT2D eigenvalue weighted by Gasteiger charge is -2.19. The van der Waals surface area contributed by atoms with Gasteiger partial charge in [0, 0.05) is 17.2 Å². The molecule has 0 aliphatic heterocycles. The minimum Gasteiger partial charge on any atom is -0.348 e. The van der Waals surface area contributed by atoms with Crippen LogP contribution in [0.25, 0.3) is 26.7 Å². The Bertz CT molecular complexity index is 1580. The van der Waals surface area contributed by atoms with Crippen LogP contribution in [0.3, 0.4) is 0 Å². The van der Waals surface area contributed by atoms with Crippen LogP contribution >= 0.6 is 22.9 Å². The molecule has 4 aromatic rings. The van der Waals surface area contributed by atoms with Gasteiger partial charge in [-0.05, 0) is 87.4 Å². The maximum atomic E-state index is 13.3. The topological polar surface area (TPSA) is 84.3 Å². The van der Waals surface area contributed by atoms with Crippen molar-refractivity contribution in [2.24, 2.45) is 0 Å². The minimum absolute atomic E-state index is 0.00689. The summed E-state index contributed by atoms with van der Waals surface area (Å²) in [4.78, 5) is 17.7. The van der Waals surface area contributed by atoms with Crippen LogP contribution in [0.2, 0.25) is 5.02 Å². The number of hydrogen-bond acceptors (Lipinski definition) is 6. The van der Waals surface area contributed by atoms with Gasteiger partial charge in [-0.1, -0.05) is 49.7 Å². The number of nitrogens with one attached hydrogen (secondary N) is 1. The molecule has 0 aliphatic rings. The van der Waals surface area contributed by atoms with Gasteiger partial charge in [-0.3, -0.25) is 4.79 Å². The number of sulfone groups is 1. The first-order valence-electron chi connectivity index (χ1n) is 13.4. The molecule has 0 radical (unpaired) electrons. The average Bonchev–Trinajstić information content (AvgIpc) is 3.59. The molecular formula is C30H35ClN4O3S2. The summed E-state index contributed by atoms with van der Waals surface area (Å²) in [6.07, 6.45) is 3.08. The number of rotatable bonds is 12. The number of benzene rings is 2. The van der Waals surface area contributed by atoms with Gasteiger partial charge in [-0.2, -0.15) is 5.10 Å². The highest BCUT2D eigenvalue weighted by Gasteiger charge is 2.21. The zero-order chi connectivity index (χ0) is 28.9. The van der Waals surface area contributed by atoms with Gasteiger partial charge in [-0.15, -0.1) is 11.3 Å². The van der Waals surface area contributed by atoms with Gasteiger partial charge in [0.05, 0.1) is 26.2 Å². The number of carbonyl (C=O) groups excluding carboxylic acids is 1. The second-order valence-electron chi connectivity index (χ2n) is 9.79. The lowest BCUT2D eigenvalue weighted by molar-refractivity contribution is 0.0931. The molecule has 10 heteroatoms. The Morgan fingerprint density at radius 2 is 1.77 bits per heavy atom. The number of hydrogen-bond donors (Lipinski definition) is 1. The largest absolute Gasteiger partial charge is 0.348 e. The van der Waals surface area contributed by atoms with Crippen molar-refractivity contribution < 1.29 is 13.2 Å². The molecule has 0 saturated heterocycles. The molecule has 212 valence electrons. The predicted octanol–water partition coefficient (Wildman–Crippen LogP) is 6.57.